The summed E-state index contributed by atoms with van der Waals surface area (Å²) in [5.41, 5.74) is 0.531. The number of hydrogen-bond donors (Lipinski definition) is 0. The molecule has 0 N–H and O–H groups in total. The molecular formula is C21H32ClN3O4. The standard InChI is InChI=1S/C21H32ClN3O4/c1-21(2,3)29-20(26)25-8-7-24(16-5-6-18(22)19(13-16)27-4)15-17(25)14-23-9-11-28-12-10-23/h5-6,13,17H,7-12,14-15H2,1-4H3. The lowest BCUT2D eigenvalue weighted by atomic mass is 10.1. The van der Waals surface area contributed by atoms with Crippen LogP contribution in [0.5, 0.6) is 5.75 Å². The highest BCUT2D eigenvalue weighted by Crippen LogP contribution is 2.31. The summed E-state index contributed by atoms with van der Waals surface area (Å²) < 4.78 is 16.5. The van der Waals surface area contributed by atoms with Crippen LogP contribution < -0.4 is 9.64 Å². The quantitative estimate of drug-likeness (QED) is 0.738. The van der Waals surface area contributed by atoms with E-state index in [-0.39, 0.29) is 12.1 Å². The summed E-state index contributed by atoms with van der Waals surface area (Å²) in [6, 6.07) is 5.84. The molecule has 8 heteroatoms. The van der Waals surface area contributed by atoms with E-state index in [9.17, 15) is 4.79 Å². The summed E-state index contributed by atoms with van der Waals surface area (Å²) in [4.78, 5) is 19.4. The Labute approximate surface area is 178 Å². The molecule has 3 rings (SSSR count). The van der Waals surface area contributed by atoms with Crippen LogP contribution in [0.2, 0.25) is 5.02 Å². The Balaban J connectivity index is 1.76. The average Bonchev–Trinajstić information content (AvgIpc) is 2.68. The molecule has 0 saturated carbocycles. The topological polar surface area (TPSA) is 54.5 Å². The Morgan fingerprint density at radius 1 is 1.21 bits per heavy atom. The minimum absolute atomic E-state index is 0.0263. The van der Waals surface area contributed by atoms with Gasteiger partial charge in [0.05, 0.1) is 31.4 Å². The van der Waals surface area contributed by atoms with Gasteiger partial charge in [-0.25, -0.2) is 4.79 Å². The molecule has 2 heterocycles. The molecule has 2 aliphatic heterocycles. The Bertz CT molecular complexity index is 704. The fourth-order valence-corrected chi connectivity index (χ4v) is 3.93. The lowest BCUT2D eigenvalue weighted by Gasteiger charge is -2.44. The second-order valence-corrected chi connectivity index (χ2v) is 8.91. The minimum Gasteiger partial charge on any atom is -0.495 e. The van der Waals surface area contributed by atoms with E-state index in [4.69, 9.17) is 25.8 Å². The van der Waals surface area contributed by atoms with Crippen molar-refractivity contribution in [2.24, 2.45) is 0 Å². The number of halogens is 1. The van der Waals surface area contributed by atoms with Crippen molar-refractivity contribution in [3.8, 4) is 5.75 Å². The molecule has 0 aliphatic carbocycles. The molecule has 2 saturated heterocycles. The van der Waals surface area contributed by atoms with Gasteiger partial charge in [-0.05, 0) is 32.9 Å². The van der Waals surface area contributed by atoms with Gasteiger partial charge in [0, 0.05) is 51.0 Å². The molecule has 1 aromatic carbocycles. The first-order chi connectivity index (χ1) is 13.8. The van der Waals surface area contributed by atoms with Gasteiger partial charge in [-0.15, -0.1) is 0 Å². The van der Waals surface area contributed by atoms with E-state index >= 15 is 0 Å². The smallest absolute Gasteiger partial charge is 0.410 e. The third-order valence-corrected chi connectivity index (χ3v) is 5.50. The van der Waals surface area contributed by atoms with Crippen LogP contribution in [-0.4, -0.2) is 87.1 Å². The van der Waals surface area contributed by atoms with Gasteiger partial charge in [-0.3, -0.25) is 4.90 Å². The van der Waals surface area contributed by atoms with Crippen LogP contribution in [0.1, 0.15) is 20.8 Å². The number of hydrogen-bond acceptors (Lipinski definition) is 6. The van der Waals surface area contributed by atoms with E-state index in [1.807, 2.05) is 43.9 Å². The Morgan fingerprint density at radius 2 is 1.93 bits per heavy atom. The normalized spacial score (nSPS) is 21.2. The molecule has 1 aromatic rings. The van der Waals surface area contributed by atoms with Gasteiger partial charge in [0.15, 0.2) is 0 Å². The van der Waals surface area contributed by atoms with Gasteiger partial charge < -0.3 is 24.0 Å². The highest BCUT2D eigenvalue weighted by molar-refractivity contribution is 6.32. The monoisotopic (exact) mass is 425 g/mol. The first-order valence-electron chi connectivity index (χ1n) is 10.1. The average molecular weight is 426 g/mol. The maximum Gasteiger partial charge on any atom is 0.410 e. The van der Waals surface area contributed by atoms with Crippen molar-refractivity contribution in [1.82, 2.24) is 9.80 Å². The van der Waals surface area contributed by atoms with E-state index < -0.39 is 5.60 Å². The zero-order valence-corrected chi connectivity index (χ0v) is 18.6. The third kappa shape index (κ3) is 5.90. The van der Waals surface area contributed by atoms with Crippen LogP contribution in [0, 0.1) is 0 Å². The zero-order valence-electron chi connectivity index (χ0n) is 17.8. The van der Waals surface area contributed by atoms with Crippen molar-refractivity contribution in [3.05, 3.63) is 23.2 Å². The van der Waals surface area contributed by atoms with Crippen molar-refractivity contribution >= 4 is 23.4 Å². The lowest BCUT2D eigenvalue weighted by Crippen LogP contribution is -2.60. The van der Waals surface area contributed by atoms with Crippen molar-refractivity contribution in [1.29, 1.82) is 0 Å². The van der Waals surface area contributed by atoms with E-state index in [1.54, 1.807) is 7.11 Å². The summed E-state index contributed by atoms with van der Waals surface area (Å²) >= 11 is 6.19. The Morgan fingerprint density at radius 3 is 2.59 bits per heavy atom. The number of nitrogens with zero attached hydrogens (tertiary/aromatic N) is 3. The highest BCUT2D eigenvalue weighted by atomic mass is 35.5. The van der Waals surface area contributed by atoms with Crippen LogP contribution >= 0.6 is 11.6 Å². The number of carbonyl (C=O) groups excluding carboxylic acids is 1. The maximum absolute atomic E-state index is 12.9. The first-order valence-corrected chi connectivity index (χ1v) is 10.5. The molecule has 29 heavy (non-hydrogen) atoms. The summed E-state index contributed by atoms with van der Waals surface area (Å²) in [6.07, 6.45) is -0.246. The first kappa shape index (κ1) is 22.0. The van der Waals surface area contributed by atoms with Gasteiger partial charge >= 0.3 is 6.09 Å². The Kier molecular flexibility index (Phi) is 7.14. The van der Waals surface area contributed by atoms with Crippen LogP contribution in [0.15, 0.2) is 18.2 Å². The summed E-state index contributed by atoms with van der Waals surface area (Å²) in [6.45, 7) is 11.8. The molecule has 2 aliphatic rings. The van der Waals surface area contributed by atoms with E-state index in [0.29, 0.717) is 17.3 Å². The van der Waals surface area contributed by atoms with Crippen molar-refractivity contribution in [2.75, 3.05) is 64.5 Å². The molecule has 0 aromatic heterocycles. The van der Waals surface area contributed by atoms with Crippen LogP contribution in [0.25, 0.3) is 0 Å². The Hall–Kier alpha value is -1.70. The number of benzene rings is 1. The number of amides is 1. The van der Waals surface area contributed by atoms with Crippen molar-refractivity contribution < 1.29 is 19.0 Å². The van der Waals surface area contributed by atoms with Gasteiger partial charge in [0.1, 0.15) is 11.4 Å². The number of carbonyl (C=O) groups is 1. The third-order valence-electron chi connectivity index (χ3n) is 5.18. The lowest BCUT2D eigenvalue weighted by molar-refractivity contribution is -0.00180. The summed E-state index contributed by atoms with van der Waals surface area (Å²) in [5, 5.41) is 0.591. The predicted molar refractivity (Wildman–Crippen MR) is 114 cm³/mol. The molecule has 0 radical (unpaired) electrons. The fraction of sp³-hybridized carbons (Fsp3) is 0.667. The molecule has 1 amide bonds. The largest absolute Gasteiger partial charge is 0.495 e. The number of methoxy groups -OCH3 is 1. The number of piperazine rings is 1. The summed E-state index contributed by atoms with van der Waals surface area (Å²) in [5.74, 6) is 0.656. The highest BCUT2D eigenvalue weighted by Gasteiger charge is 2.35. The van der Waals surface area contributed by atoms with Gasteiger partial charge in [-0.1, -0.05) is 11.6 Å². The van der Waals surface area contributed by atoms with Crippen molar-refractivity contribution in [2.45, 2.75) is 32.4 Å². The molecule has 162 valence electrons. The number of ether oxygens (including phenoxy) is 3. The predicted octanol–water partition coefficient (Wildman–Crippen LogP) is 3.11. The molecule has 0 spiro atoms. The molecule has 2 fully saturated rings. The van der Waals surface area contributed by atoms with Gasteiger partial charge in [-0.2, -0.15) is 0 Å². The van der Waals surface area contributed by atoms with Crippen molar-refractivity contribution in [3.63, 3.8) is 0 Å². The van der Waals surface area contributed by atoms with Crippen LogP contribution in [-0.2, 0) is 9.47 Å². The zero-order chi connectivity index (χ0) is 21.0. The van der Waals surface area contributed by atoms with E-state index in [2.05, 4.69) is 9.80 Å². The number of anilines is 1. The number of morpholine rings is 1. The molecule has 0 bridgehead atoms. The molecule has 1 atom stereocenters. The molecule has 1 unspecified atom stereocenters. The van der Waals surface area contributed by atoms with Crippen LogP contribution in [0.4, 0.5) is 10.5 Å². The summed E-state index contributed by atoms with van der Waals surface area (Å²) in [7, 11) is 1.62. The minimum atomic E-state index is -0.513. The SMILES string of the molecule is COc1cc(N2CCN(C(=O)OC(C)(C)C)C(CN3CCOCC3)C2)ccc1Cl. The van der Waals surface area contributed by atoms with E-state index in [0.717, 1.165) is 51.6 Å². The fourth-order valence-electron chi connectivity index (χ4n) is 3.73. The number of rotatable bonds is 4. The maximum atomic E-state index is 12.9. The second kappa shape index (κ2) is 9.41. The molecular weight excluding hydrogens is 394 g/mol. The second-order valence-electron chi connectivity index (χ2n) is 8.51. The van der Waals surface area contributed by atoms with E-state index in [1.165, 1.54) is 0 Å². The van der Waals surface area contributed by atoms with Gasteiger partial charge in [0.2, 0.25) is 0 Å². The van der Waals surface area contributed by atoms with Gasteiger partial charge in [0.25, 0.3) is 0 Å². The molecule has 7 nitrogen and oxygen atoms in total. The van der Waals surface area contributed by atoms with Crippen LogP contribution in [0.3, 0.4) is 0 Å².